The molecule has 1 unspecified atom stereocenters. The van der Waals surface area contributed by atoms with Crippen molar-refractivity contribution in [1.29, 1.82) is 0 Å². The molecule has 1 aromatic heterocycles. The number of aromatic nitrogens is 2. The summed E-state index contributed by atoms with van der Waals surface area (Å²) in [6, 6.07) is 22.0. The number of hydrogen-bond donors (Lipinski definition) is 1. The number of halogens is 3. The Morgan fingerprint density at radius 3 is 2.34 bits per heavy atom. The van der Waals surface area contributed by atoms with Crippen molar-refractivity contribution in [3.63, 3.8) is 0 Å². The number of anilines is 4. The number of alkyl halides is 3. The van der Waals surface area contributed by atoms with Crippen LogP contribution < -0.4 is 15.1 Å². The average molecular weight is 563 g/mol. The van der Waals surface area contributed by atoms with Crippen LogP contribution in [0.1, 0.15) is 18.1 Å². The lowest BCUT2D eigenvalue weighted by Crippen LogP contribution is -2.46. The molecule has 10 heteroatoms. The van der Waals surface area contributed by atoms with Gasteiger partial charge in [0.2, 0.25) is 0 Å². The number of nitrogens with zero attached hydrogens (tertiary/aromatic N) is 5. The predicted octanol–water partition coefficient (Wildman–Crippen LogP) is 5.94. The lowest BCUT2D eigenvalue weighted by Gasteiger charge is -2.35. The van der Waals surface area contributed by atoms with Crippen molar-refractivity contribution in [2.45, 2.75) is 25.7 Å². The summed E-state index contributed by atoms with van der Waals surface area (Å²) in [6.45, 7) is 7.95. The van der Waals surface area contributed by atoms with E-state index in [9.17, 15) is 13.2 Å². The normalized spacial score (nSPS) is 18.6. The standard InChI is InChI=1S/C31H33F3N6O/c1-22-20-40(17-18-41-22)26-11-9-25(10-12-26)35-29-27-7-2-3-8-28(27)30(37-36-29)39-15-13-38(14-16-39)21-23-5-4-6-24(19-23)31(32,33)34/h2-12,19,22H,13-18,20-21H2,1H3,(H,35,36). The summed E-state index contributed by atoms with van der Waals surface area (Å²) in [5.41, 5.74) is 2.17. The van der Waals surface area contributed by atoms with E-state index in [-0.39, 0.29) is 6.10 Å². The molecule has 7 nitrogen and oxygen atoms in total. The van der Waals surface area contributed by atoms with E-state index in [0.717, 1.165) is 61.1 Å². The molecular formula is C31H33F3N6O. The number of nitrogens with one attached hydrogen (secondary N) is 1. The van der Waals surface area contributed by atoms with Crippen LogP contribution in [0.3, 0.4) is 0 Å². The predicted molar refractivity (Wildman–Crippen MR) is 156 cm³/mol. The van der Waals surface area contributed by atoms with Crippen molar-refractivity contribution in [3.05, 3.63) is 83.9 Å². The van der Waals surface area contributed by atoms with Crippen molar-refractivity contribution < 1.29 is 17.9 Å². The maximum absolute atomic E-state index is 13.1. The van der Waals surface area contributed by atoms with E-state index >= 15 is 0 Å². The maximum Gasteiger partial charge on any atom is 0.416 e. The Kier molecular flexibility index (Phi) is 7.68. The minimum absolute atomic E-state index is 0.222. The van der Waals surface area contributed by atoms with Gasteiger partial charge in [0.1, 0.15) is 0 Å². The van der Waals surface area contributed by atoms with Gasteiger partial charge in [-0.2, -0.15) is 13.2 Å². The topological polar surface area (TPSA) is 56.8 Å². The molecule has 0 saturated carbocycles. The summed E-state index contributed by atoms with van der Waals surface area (Å²) in [5, 5.41) is 14.6. The highest BCUT2D eigenvalue weighted by Gasteiger charge is 2.30. The van der Waals surface area contributed by atoms with Gasteiger partial charge in [-0.1, -0.05) is 42.5 Å². The van der Waals surface area contributed by atoms with Gasteiger partial charge in [0.25, 0.3) is 0 Å². The Labute approximate surface area is 237 Å². The highest BCUT2D eigenvalue weighted by atomic mass is 19.4. The lowest BCUT2D eigenvalue weighted by molar-refractivity contribution is -0.137. The van der Waals surface area contributed by atoms with E-state index in [1.165, 1.54) is 17.8 Å². The molecular weight excluding hydrogens is 529 g/mol. The van der Waals surface area contributed by atoms with Crippen LogP contribution in [-0.4, -0.2) is 67.1 Å². The number of ether oxygens (including phenoxy) is 1. The molecule has 0 aliphatic carbocycles. The second-order valence-corrected chi connectivity index (χ2v) is 10.7. The molecule has 4 aromatic rings. The molecule has 2 saturated heterocycles. The first-order valence-electron chi connectivity index (χ1n) is 14.0. The van der Waals surface area contributed by atoms with Gasteiger partial charge in [0, 0.05) is 68.0 Å². The van der Waals surface area contributed by atoms with Crippen molar-refractivity contribution in [2.75, 3.05) is 61.0 Å². The highest BCUT2D eigenvalue weighted by molar-refractivity contribution is 5.99. The molecule has 41 heavy (non-hydrogen) atoms. The Morgan fingerprint density at radius 2 is 1.61 bits per heavy atom. The van der Waals surface area contributed by atoms with E-state index in [0.29, 0.717) is 31.0 Å². The SMILES string of the molecule is CC1CN(c2ccc(Nc3nnc(N4CCN(Cc5cccc(C(F)(F)F)c5)CC4)c4ccccc34)cc2)CCO1. The minimum Gasteiger partial charge on any atom is -0.375 e. The molecule has 1 atom stereocenters. The fourth-order valence-electron chi connectivity index (χ4n) is 5.58. The van der Waals surface area contributed by atoms with Gasteiger partial charge in [-0.3, -0.25) is 4.90 Å². The van der Waals surface area contributed by atoms with Crippen LogP contribution in [0, 0.1) is 0 Å². The van der Waals surface area contributed by atoms with Crippen LogP contribution in [0.4, 0.5) is 36.2 Å². The van der Waals surface area contributed by atoms with Gasteiger partial charge in [0.15, 0.2) is 11.6 Å². The zero-order chi connectivity index (χ0) is 28.4. The number of morpholine rings is 1. The van der Waals surface area contributed by atoms with E-state index in [2.05, 4.69) is 67.5 Å². The smallest absolute Gasteiger partial charge is 0.375 e. The zero-order valence-corrected chi connectivity index (χ0v) is 22.9. The first-order valence-corrected chi connectivity index (χ1v) is 14.0. The molecule has 6 rings (SSSR count). The van der Waals surface area contributed by atoms with Gasteiger partial charge in [-0.05, 0) is 42.8 Å². The largest absolute Gasteiger partial charge is 0.416 e. The maximum atomic E-state index is 13.1. The van der Waals surface area contributed by atoms with Crippen LogP contribution in [0.15, 0.2) is 72.8 Å². The van der Waals surface area contributed by atoms with Crippen LogP contribution in [0.2, 0.25) is 0 Å². The summed E-state index contributed by atoms with van der Waals surface area (Å²) in [7, 11) is 0. The second-order valence-electron chi connectivity index (χ2n) is 10.7. The number of fused-ring (bicyclic) bond motifs is 1. The summed E-state index contributed by atoms with van der Waals surface area (Å²) in [5.74, 6) is 1.52. The molecule has 2 aliphatic heterocycles. The van der Waals surface area contributed by atoms with Crippen LogP contribution in [-0.2, 0) is 17.5 Å². The molecule has 3 heterocycles. The molecule has 214 valence electrons. The van der Waals surface area contributed by atoms with E-state index in [1.807, 2.05) is 18.2 Å². The Balaban J connectivity index is 1.13. The molecule has 0 spiro atoms. The van der Waals surface area contributed by atoms with Crippen LogP contribution in [0.5, 0.6) is 0 Å². The fourth-order valence-corrected chi connectivity index (χ4v) is 5.58. The monoisotopic (exact) mass is 562 g/mol. The number of hydrogen-bond acceptors (Lipinski definition) is 7. The third-order valence-electron chi connectivity index (χ3n) is 7.74. The Bertz CT molecular complexity index is 1490. The van der Waals surface area contributed by atoms with Gasteiger partial charge in [-0.15, -0.1) is 10.2 Å². The highest BCUT2D eigenvalue weighted by Crippen LogP contribution is 2.32. The summed E-state index contributed by atoms with van der Waals surface area (Å²) < 4.78 is 45.0. The third-order valence-corrected chi connectivity index (χ3v) is 7.74. The average Bonchev–Trinajstić information content (AvgIpc) is 2.98. The quantitative estimate of drug-likeness (QED) is 0.312. The van der Waals surface area contributed by atoms with E-state index < -0.39 is 11.7 Å². The number of piperazine rings is 1. The fraction of sp³-hybridized carbons (Fsp3) is 0.355. The molecule has 1 N–H and O–H groups in total. The number of benzene rings is 3. The van der Waals surface area contributed by atoms with Gasteiger partial charge >= 0.3 is 6.18 Å². The summed E-state index contributed by atoms with van der Waals surface area (Å²) >= 11 is 0. The van der Waals surface area contributed by atoms with Gasteiger partial charge in [0.05, 0.1) is 18.3 Å². The van der Waals surface area contributed by atoms with E-state index in [4.69, 9.17) is 4.74 Å². The van der Waals surface area contributed by atoms with Crippen molar-refractivity contribution in [3.8, 4) is 0 Å². The van der Waals surface area contributed by atoms with Gasteiger partial charge < -0.3 is 19.9 Å². The molecule has 0 bridgehead atoms. The Hall–Kier alpha value is -3.89. The molecule has 2 fully saturated rings. The first-order chi connectivity index (χ1) is 19.8. The summed E-state index contributed by atoms with van der Waals surface area (Å²) in [4.78, 5) is 6.72. The minimum atomic E-state index is -4.33. The molecule has 2 aliphatic rings. The van der Waals surface area contributed by atoms with Crippen molar-refractivity contribution in [1.82, 2.24) is 15.1 Å². The summed E-state index contributed by atoms with van der Waals surface area (Å²) in [6.07, 6.45) is -4.11. The molecule has 0 radical (unpaired) electrons. The molecule has 3 aromatic carbocycles. The van der Waals surface area contributed by atoms with E-state index in [1.54, 1.807) is 6.07 Å². The Morgan fingerprint density at radius 1 is 0.854 bits per heavy atom. The first kappa shape index (κ1) is 27.3. The van der Waals surface area contributed by atoms with Crippen LogP contribution in [0.25, 0.3) is 10.8 Å². The van der Waals surface area contributed by atoms with Crippen LogP contribution >= 0.6 is 0 Å². The molecule has 0 amide bonds. The van der Waals surface area contributed by atoms with Gasteiger partial charge in [-0.25, -0.2) is 0 Å². The number of rotatable bonds is 6. The third kappa shape index (κ3) is 6.23. The second kappa shape index (κ2) is 11.5. The zero-order valence-electron chi connectivity index (χ0n) is 22.9. The van der Waals surface area contributed by atoms with Crippen molar-refractivity contribution >= 4 is 33.8 Å². The van der Waals surface area contributed by atoms with Crippen molar-refractivity contribution in [2.24, 2.45) is 0 Å². The lowest BCUT2D eigenvalue weighted by atomic mass is 10.1.